The third-order valence-electron chi connectivity index (χ3n) is 4.17. The van der Waals surface area contributed by atoms with Gasteiger partial charge in [-0.3, -0.25) is 4.90 Å². The van der Waals surface area contributed by atoms with Crippen LogP contribution in [0, 0.1) is 0 Å². The Morgan fingerprint density at radius 3 is 2.76 bits per heavy atom. The van der Waals surface area contributed by atoms with Crippen LogP contribution in [0.5, 0.6) is 0 Å². The van der Waals surface area contributed by atoms with Crippen molar-refractivity contribution in [1.29, 1.82) is 0 Å². The highest BCUT2D eigenvalue weighted by atomic mass is 35.5. The Balaban J connectivity index is 1.90. The van der Waals surface area contributed by atoms with Crippen LogP contribution >= 0.6 is 11.6 Å². The van der Waals surface area contributed by atoms with Gasteiger partial charge >= 0.3 is 0 Å². The third kappa shape index (κ3) is 1.99. The van der Waals surface area contributed by atoms with E-state index < -0.39 is 0 Å². The zero-order valence-corrected chi connectivity index (χ0v) is 11.0. The molecule has 0 spiro atoms. The smallest absolute Gasteiger partial charge is 0.0481 e. The minimum Gasteiger partial charge on any atom is -0.312 e. The lowest BCUT2D eigenvalue weighted by Crippen LogP contribution is -2.40. The fourth-order valence-electron chi connectivity index (χ4n) is 3.37. The van der Waals surface area contributed by atoms with E-state index in [-0.39, 0.29) is 0 Å². The zero-order valence-electron chi connectivity index (χ0n) is 10.2. The fraction of sp³-hybridized carbons (Fsp3) is 0.571. The van der Waals surface area contributed by atoms with Crippen LogP contribution in [0.3, 0.4) is 0 Å². The SMILES string of the molecule is CNC1c2ccc(Cl)cc2CC1N1CCCC1. The van der Waals surface area contributed by atoms with Gasteiger partial charge < -0.3 is 5.32 Å². The van der Waals surface area contributed by atoms with Gasteiger partial charge in [-0.05, 0) is 62.7 Å². The molecule has 2 aliphatic rings. The summed E-state index contributed by atoms with van der Waals surface area (Å²) in [5.41, 5.74) is 2.86. The highest BCUT2D eigenvalue weighted by Crippen LogP contribution is 2.36. The predicted octanol–water partition coefficient (Wildman–Crippen LogP) is 2.62. The van der Waals surface area contributed by atoms with Gasteiger partial charge in [-0.25, -0.2) is 0 Å². The van der Waals surface area contributed by atoms with Crippen molar-refractivity contribution in [3.8, 4) is 0 Å². The molecule has 1 aromatic rings. The van der Waals surface area contributed by atoms with E-state index in [9.17, 15) is 0 Å². The van der Waals surface area contributed by atoms with E-state index >= 15 is 0 Å². The standard InChI is InChI=1S/C14H19ClN2/c1-16-14-12-5-4-11(15)8-10(12)9-13(14)17-6-2-3-7-17/h4-5,8,13-14,16H,2-3,6-7,9H2,1H3. The molecular weight excluding hydrogens is 232 g/mol. The Labute approximate surface area is 108 Å². The summed E-state index contributed by atoms with van der Waals surface area (Å²) in [4.78, 5) is 2.63. The van der Waals surface area contributed by atoms with Crippen LogP contribution < -0.4 is 5.32 Å². The van der Waals surface area contributed by atoms with Gasteiger partial charge in [0.25, 0.3) is 0 Å². The molecule has 2 nitrogen and oxygen atoms in total. The summed E-state index contributed by atoms with van der Waals surface area (Å²) in [7, 11) is 2.07. The molecule has 2 unspecified atom stereocenters. The maximum Gasteiger partial charge on any atom is 0.0481 e. The van der Waals surface area contributed by atoms with Crippen LogP contribution in [0.1, 0.15) is 30.0 Å². The van der Waals surface area contributed by atoms with Gasteiger partial charge in [0, 0.05) is 17.1 Å². The van der Waals surface area contributed by atoms with E-state index in [0.29, 0.717) is 12.1 Å². The summed E-state index contributed by atoms with van der Waals surface area (Å²) in [5.74, 6) is 0. The maximum absolute atomic E-state index is 6.09. The first kappa shape index (κ1) is 11.5. The molecule has 17 heavy (non-hydrogen) atoms. The number of likely N-dealkylation sites (N-methyl/N-ethyl adjacent to an activating group) is 1. The van der Waals surface area contributed by atoms with Crippen molar-refractivity contribution in [2.45, 2.75) is 31.3 Å². The number of nitrogens with zero attached hydrogens (tertiary/aromatic N) is 1. The number of benzene rings is 1. The molecule has 2 atom stereocenters. The molecule has 0 aromatic heterocycles. The number of nitrogens with one attached hydrogen (secondary N) is 1. The van der Waals surface area contributed by atoms with E-state index in [1.807, 2.05) is 6.07 Å². The van der Waals surface area contributed by atoms with Crippen molar-refractivity contribution in [1.82, 2.24) is 10.2 Å². The number of hydrogen-bond acceptors (Lipinski definition) is 2. The fourth-order valence-corrected chi connectivity index (χ4v) is 3.56. The summed E-state index contributed by atoms with van der Waals surface area (Å²) in [6.07, 6.45) is 3.84. The molecule has 1 aliphatic carbocycles. The molecule has 3 heteroatoms. The molecule has 1 aliphatic heterocycles. The molecule has 92 valence electrons. The first-order valence-corrected chi connectivity index (χ1v) is 6.87. The van der Waals surface area contributed by atoms with Crippen molar-refractivity contribution in [2.24, 2.45) is 0 Å². The highest BCUT2D eigenvalue weighted by Gasteiger charge is 2.36. The number of rotatable bonds is 2. The Kier molecular flexibility index (Phi) is 3.12. The highest BCUT2D eigenvalue weighted by molar-refractivity contribution is 6.30. The van der Waals surface area contributed by atoms with E-state index in [2.05, 4.69) is 29.4 Å². The largest absolute Gasteiger partial charge is 0.312 e. The normalized spacial score (nSPS) is 28.6. The minimum absolute atomic E-state index is 0.473. The molecule has 0 bridgehead atoms. The lowest BCUT2D eigenvalue weighted by Gasteiger charge is -2.29. The van der Waals surface area contributed by atoms with E-state index in [0.717, 1.165) is 11.4 Å². The third-order valence-corrected chi connectivity index (χ3v) is 4.41. The van der Waals surface area contributed by atoms with Crippen LogP contribution in [-0.4, -0.2) is 31.1 Å². The summed E-state index contributed by atoms with van der Waals surface area (Å²) in [5, 5.41) is 4.34. The second-order valence-electron chi connectivity index (χ2n) is 5.12. The first-order chi connectivity index (χ1) is 8.29. The van der Waals surface area contributed by atoms with Gasteiger partial charge in [0.15, 0.2) is 0 Å². The van der Waals surface area contributed by atoms with E-state index in [1.54, 1.807) is 0 Å². The molecule has 1 aromatic carbocycles. The molecule has 0 amide bonds. The Morgan fingerprint density at radius 2 is 2.06 bits per heavy atom. The van der Waals surface area contributed by atoms with Crippen molar-refractivity contribution >= 4 is 11.6 Å². The molecule has 1 heterocycles. The maximum atomic E-state index is 6.09. The van der Waals surface area contributed by atoms with Gasteiger partial charge in [0.2, 0.25) is 0 Å². The Morgan fingerprint density at radius 1 is 1.29 bits per heavy atom. The first-order valence-electron chi connectivity index (χ1n) is 6.49. The molecule has 3 rings (SSSR count). The summed E-state index contributed by atoms with van der Waals surface area (Å²) >= 11 is 6.09. The van der Waals surface area contributed by atoms with Crippen molar-refractivity contribution in [2.75, 3.05) is 20.1 Å². The monoisotopic (exact) mass is 250 g/mol. The second kappa shape index (κ2) is 4.60. The summed E-state index contributed by atoms with van der Waals surface area (Å²) in [6.45, 7) is 2.51. The van der Waals surface area contributed by atoms with Crippen molar-refractivity contribution < 1.29 is 0 Å². The van der Waals surface area contributed by atoms with Crippen LogP contribution in [0.25, 0.3) is 0 Å². The lowest BCUT2D eigenvalue weighted by molar-refractivity contribution is 0.208. The second-order valence-corrected chi connectivity index (χ2v) is 5.56. The number of fused-ring (bicyclic) bond motifs is 1. The number of halogens is 1. The van der Waals surface area contributed by atoms with Gasteiger partial charge in [0.1, 0.15) is 0 Å². The van der Waals surface area contributed by atoms with Gasteiger partial charge in [-0.2, -0.15) is 0 Å². The lowest BCUT2D eigenvalue weighted by atomic mass is 10.1. The molecule has 1 fully saturated rings. The molecule has 0 radical (unpaired) electrons. The average Bonchev–Trinajstić information content (AvgIpc) is 2.94. The van der Waals surface area contributed by atoms with Crippen molar-refractivity contribution in [3.05, 3.63) is 34.3 Å². The molecule has 1 saturated heterocycles. The van der Waals surface area contributed by atoms with Crippen LogP contribution in [-0.2, 0) is 6.42 Å². The topological polar surface area (TPSA) is 15.3 Å². The van der Waals surface area contributed by atoms with Crippen LogP contribution in [0.4, 0.5) is 0 Å². The van der Waals surface area contributed by atoms with Crippen LogP contribution in [0.2, 0.25) is 5.02 Å². The Bertz CT molecular complexity index is 413. The van der Waals surface area contributed by atoms with Gasteiger partial charge in [0.05, 0.1) is 0 Å². The number of hydrogen-bond donors (Lipinski definition) is 1. The molecule has 1 N–H and O–H groups in total. The molecular formula is C14H19ClN2. The van der Waals surface area contributed by atoms with Gasteiger partial charge in [-0.15, -0.1) is 0 Å². The molecule has 0 saturated carbocycles. The quantitative estimate of drug-likeness (QED) is 0.868. The van der Waals surface area contributed by atoms with E-state index in [4.69, 9.17) is 11.6 Å². The van der Waals surface area contributed by atoms with E-state index in [1.165, 1.54) is 37.1 Å². The Hall–Kier alpha value is -0.570. The summed E-state index contributed by atoms with van der Waals surface area (Å²) in [6, 6.07) is 7.43. The van der Waals surface area contributed by atoms with Crippen molar-refractivity contribution in [3.63, 3.8) is 0 Å². The summed E-state index contributed by atoms with van der Waals surface area (Å²) < 4.78 is 0. The average molecular weight is 251 g/mol. The predicted molar refractivity (Wildman–Crippen MR) is 71.6 cm³/mol. The zero-order chi connectivity index (χ0) is 11.8. The van der Waals surface area contributed by atoms with Crippen LogP contribution in [0.15, 0.2) is 18.2 Å². The van der Waals surface area contributed by atoms with Gasteiger partial charge in [-0.1, -0.05) is 17.7 Å². The number of likely N-dealkylation sites (tertiary alicyclic amines) is 1. The minimum atomic E-state index is 0.473.